The number of nitrogens with zero attached hydrogens (tertiary/aromatic N) is 3. The molecular weight excluding hydrogens is 453 g/mol. The SMILES string of the molecule is CCN1C(=O)[C@@]2(C(=C(O)c3ccc(F)cc3)C(=O)C(=O)N2CCN2CCOCC2)c2ccccc21. The van der Waals surface area contributed by atoms with Gasteiger partial charge in [0.1, 0.15) is 11.6 Å². The van der Waals surface area contributed by atoms with E-state index >= 15 is 0 Å². The number of hydrogen-bond acceptors (Lipinski definition) is 6. The number of rotatable bonds is 5. The highest BCUT2D eigenvalue weighted by atomic mass is 19.1. The Morgan fingerprint density at radius 2 is 1.71 bits per heavy atom. The molecule has 3 heterocycles. The van der Waals surface area contributed by atoms with E-state index in [1.54, 1.807) is 24.3 Å². The van der Waals surface area contributed by atoms with Gasteiger partial charge in [-0.05, 0) is 37.3 Å². The van der Waals surface area contributed by atoms with Gasteiger partial charge in [-0.2, -0.15) is 0 Å². The van der Waals surface area contributed by atoms with E-state index in [9.17, 15) is 23.9 Å². The highest BCUT2D eigenvalue weighted by molar-refractivity contribution is 6.50. The maximum atomic E-state index is 14.1. The molecule has 2 saturated heterocycles. The minimum atomic E-state index is -1.80. The minimum Gasteiger partial charge on any atom is -0.507 e. The Morgan fingerprint density at radius 3 is 2.40 bits per heavy atom. The van der Waals surface area contributed by atoms with Gasteiger partial charge in [0.15, 0.2) is 5.54 Å². The molecule has 0 bridgehead atoms. The zero-order valence-corrected chi connectivity index (χ0v) is 19.4. The van der Waals surface area contributed by atoms with Crippen LogP contribution in [0.1, 0.15) is 18.1 Å². The number of carbonyl (C=O) groups is 3. The van der Waals surface area contributed by atoms with Crippen LogP contribution in [0.2, 0.25) is 0 Å². The third kappa shape index (κ3) is 3.45. The number of halogens is 1. The second-order valence-corrected chi connectivity index (χ2v) is 8.75. The number of carbonyl (C=O) groups excluding carboxylic acids is 3. The zero-order valence-electron chi connectivity index (χ0n) is 19.4. The molecule has 0 unspecified atom stereocenters. The molecule has 0 radical (unpaired) electrons. The summed E-state index contributed by atoms with van der Waals surface area (Å²) in [7, 11) is 0. The predicted molar refractivity (Wildman–Crippen MR) is 126 cm³/mol. The standard InChI is InChI=1S/C26H26FN3O5/c1-2-29-20-6-4-3-5-19(20)26(25(29)34)21(22(31)17-7-9-18(27)10-8-17)23(32)24(33)30(26)12-11-28-13-15-35-16-14-28/h3-10,31H,2,11-16H2,1H3/t26-/m0/s1. The third-order valence-corrected chi connectivity index (χ3v) is 6.99. The van der Waals surface area contributed by atoms with E-state index in [2.05, 4.69) is 4.90 Å². The number of likely N-dealkylation sites (tertiary alicyclic amines) is 1. The van der Waals surface area contributed by atoms with Crippen molar-refractivity contribution in [2.24, 2.45) is 0 Å². The van der Waals surface area contributed by atoms with Crippen LogP contribution in [0, 0.1) is 5.82 Å². The number of ether oxygens (including phenoxy) is 1. The summed E-state index contributed by atoms with van der Waals surface area (Å²) in [6.07, 6.45) is 0. The Bertz CT molecular complexity index is 1220. The lowest BCUT2D eigenvalue weighted by molar-refractivity contribution is -0.144. The van der Waals surface area contributed by atoms with Crippen molar-refractivity contribution in [1.82, 2.24) is 9.80 Å². The number of morpholine rings is 1. The number of benzene rings is 2. The number of aliphatic hydroxyl groups excluding tert-OH is 1. The number of para-hydroxylation sites is 1. The fraction of sp³-hybridized carbons (Fsp3) is 0.346. The molecule has 1 spiro atoms. The van der Waals surface area contributed by atoms with Gasteiger partial charge < -0.3 is 19.6 Å². The van der Waals surface area contributed by atoms with Gasteiger partial charge in [-0.15, -0.1) is 0 Å². The first kappa shape index (κ1) is 23.2. The summed E-state index contributed by atoms with van der Waals surface area (Å²) >= 11 is 0. The number of aliphatic hydroxyl groups is 1. The molecule has 182 valence electrons. The maximum Gasteiger partial charge on any atom is 0.296 e. The van der Waals surface area contributed by atoms with Crippen molar-refractivity contribution < 1.29 is 28.6 Å². The van der Waals surface area contributed by atoms with Crippen molar-refractivity contribution in [2.45, 2.75) is 12.5 Å². The van der Waals surface area contributed by atoms with Crippen molar-refractivity contribution in [3.8, 4) is 0 Å². The van der Waals surface area contributed by atoms with Crippen LogP contribution in [0.5, 0.6) is 0 Å². The van der Waals surface area contributed by atoms with E-state index in [1.165, 1.54) is 21.9 Å². The molecule has 5 rings (SSSR count). The average Bonchev–Trinajstić information content (AvgIpc) is 3.26. The van der Waals surface area contributed by atoms with E-state index in [0.29, 0.717) is 50.6 Å². The van der Waals surface area contributed by atoms with Crippen molar-refractivity contribution in [2.75, 3.05) is 50.8 Å². The summed E-state index contributed by atoms with van der Waals surface area (Å²) in [4.78, 5) is 46.0. The van der Waals surface area contributed by atoms with E-state index in [0.717, 1.165) is 12.1 Å². The Labute approximate surface area is 202 Å². The molecule has 0 saturated carbocycles. The number of anilines is 1. The molecule has 2 amide bonds. The molecule has 1 N–H and O–H groups in total. The van der Waals surface area contributed by atoms with Gasteiger partial charge in [0.25, 0.3) is 17.6 Å². The van der Waals surface area contributed by atoms with Crippen molar-refractivity contribution in [1.29, 1.82) is 0 Å². The van der Waals surface area contributed by atoms with Crippen LogP contribution in [0.3, 0.4) is 0 Å². The van der Waals surface area contributed by atoms with E-state index in [4.69, 9.17) is 4.74 Å². The van der Waals surface area contributed by atoms with Crippen LogP contribution in [0.15, 0.2) is 54.1 Å². The van der Waals surface area contributed by atoms with Gasteiger partial charge in [-0.1, -0.05) is 18.2 Å². The number of likely N-dealkylation sites (N-methyl/N-ethyl adjacent to an activating group) is 1. The summed E-state index contributed by atoms with van der Waals surface area (Å²) in [5, 5.41) is 11.3. The fourth-order valence-corrected chi connectivity index (χ4v) is 5.30. The Morgan fingerprint density at radius 1 is 1.03 bits per heavy atom. The average molecular weight is 480 g/mol. The first-order valence-electron chi connectivity index (χ1n) is 11.7. The smallest absolute Gasteiger partial charge is 0.296 e. The molecule has 2 fully saturated rings. The summed E-state index contributed by atoms with van der Waals surface area (Å²) in [6.45, 7) is 5.18. The van der Waals surface area contributed by atoms with Gasteiger partial charge in [0, 0.05) is 43.9 Å². The number of hydrogen-bond donors (Lipinski definition) is 1. The highest BCUT2D eigenvalue weighted by Crippen LogP contribution is 2.53. The molecule has 2 aromatic rings. The van der Waals surface area contributed by atoms with E-state index < -0.39 is 34.7 Å². The molecule has 0 aromatic heterocycles. The van der Waals surface area contributed by atoms with Crippen LogP contribution >= 0.6 is 0 Å². The molecule has 3 aliphatic rings. The molecule has 3 aliphatic heterocycles. The van der Waals surface area contributed by atoms with Crippen LogP contribution in [-0.2, 0) is 24.7 Å². The van der Waals surface area contributed by atoms with E-state index in [-0.39, 0.29) is 17.7 Å². The van der Waals surface area contributed by atoms with Gasteiger partial charge >= 0.3 is 0 Å². The summed E-state index contributed by atoms with van der Waals surface area (Å²) in [5.74, 6) is -3.26. The molecule has 9 heteroatoms. The molecule has 35 heavy (non-hydrogen) atoms. The predicted octanol–water partition coefficient (Wildman–Crippen LogP) is 2.10. The van der Waals surface area contributed by atoms with Crippen LogP contribution in [0.25, 0.3) is 5.76 Å². The molecule has 2 aromatic carbocycles. The highest BCUT2D eigenvalue weighted by Gasteiger charge is 2.66. The Hall–Kier alpha value is -3.56. The maximum absolute atomic E-state index is 14.1. The molecule has 8 nitrogen and oxygen atoms in total. The number of fused-ring (bicyclic) bond motifs is 2. The van der Waals surface area contributed by atoms with Crippen molar-refractivity contribution in [3.05, 3.63) is 71.0 Å². The van der Waals surface area contributed by atoms with Crippen molar-refractivity contribution >= 4 is 29.0 Å². The number of amides is 2. The second kappa shape index (κ2) is 8.90. The van der Waals surface area contributed by atoms with Crippen LogP contribution < -0.4 is 4.90 Å². The first-order chi connectivity index (χ1) is 16.9. The van der Waals surface area contributed by atoms with Gasteiger partial charge in [-0.25, -0.2) is 4.39 Å². The normalized spacial score (nSPS) is 24.0. The largest absolute Gasteiger partial charge is 0.507 e. The Balaban J connectivity index is 1.70. The molecule has 0 aliphatic carbocycles. The van der Waals surface area contributed by atoms with Gasteiger partial charge in [0.05, 0.1) is 24.5 Å². The fourth-order valence-electron chi connectivity index (χ4n) is 5.30. The van der Waals surface area contributed by atoms with Crippen LogP contribution in [0.4, 0.5) is 10.1 Å². The Kier molecular flexibility index (Phi) is 5.90. The summed E-state index contributed by atoms with van der Waals surface area (Å²) < 4.78 is 19.0. The first-order valence-corrected chi connectivity index (χ1v) is 11.7. The number of Topliss-reactive ketones (excluding diaryl/α,β-unsaturated/α-hetero) is 1. The lowest BCUT2D eigenvalue weighted by Crippen LogP contribution is -2.54. The van der Waals surface area contributed by atoms with Gasteiger partial charge in [0.2, 0.25) is 0 Å². The second-order valence-electron chi connectivity index (χ2n) is 8.75. The van der Waals surface area contributed by atoms with Gasteiger partial charge in [-0.3, -0.25) is 19.3 Å². The van der Waals surface area contributed by atoms with E-state index in [1.807, 2.05) is 6.92 Å². The zero-order chi connectivity index (χ0) is 24.7. The lowest BCUT2D eigenvalue weighted by atomic mass is 9.82. The molecule has 1 atom stereocenters. The monoisotopic (exact) mass is 479 g/mol. The van der Waals surface area contributed by atoms with Crippen LogP contribution in [-0.4, -0.2) is 78.4 Å². The molecular formula is C26H26FN3O5. The lowest BCUT2D eigenvalue weighted by Gasteiger charge is -2.36. The third-order valence-electron chi connectivity index (χ3n) is 6.99. The summed E-state index contributed by atoms with van der Waals surface area (Å²) in [5.41, 5.74) is -0.882. The minimum absolute atomic E-state index is 0.113. The van der Waals surface area contributed by atoms with Crippen molar-refractivity contribution in [3.63, 3.8) is 0 Å². The number of ketones is 1. The summed E-state index contributed by atoms with van der Waals surface area (Å²) in [6, 6.07) is 12.0. The topological polar surface area (TPSA) is 90.4 Å². The quantitative estimate of drug-likeness (QED) is 0.401.